The van der Waals surface area contributed by atoms with Gasteiger partial charge < -0.3 is 9.64 Å². The molecule has 140 valence electrons. The van der Waals surface area contributed by atoms with E-state index in [1.807, 2.05) is 31.2 Å². The van der Waals surface area contributed by atoms with E-state index in [9.17, 15) is 9.59 Å². The van der Waals surface area contributed by atoms with E-state index in [2.05, 4.69) is 5.10 Å². The number of hydrogen-bond acceptors (Lipinski definition) is 4. The summed E-state index contributed by atoms with van der Waals surface area (Å²) in [7, 11) is 1.62. The van der Waals surface area contributed by atoms with Crippen molar-refractivity contribution < 1.29 is 9.53 Å². The fraction of sp³-hybridized carbons (Fsp3) is 0.350. The fourth-order valence-corrected chi connectivity index (χ4v) is 3.54. The maximum Gasteiger partial charge on any atom is 0.272 e. The number of ether oxygens (including phenoxy) is 1. The average Bonchev–Trinajstić information content (AvgIpc) is 3.25. The second kappa shape index (κ2) is 7.00. The lowest BCUT2D eigenvalue weighted by atomic mass is 10.0. The lowest BCUT2D eigenvalue weighted by Crippen LogP contribution is -2.28. The maximum atomic E-state index is 12.6. The molecule has 1 amide bonds. The largest absolute Gasteiger partial charge is 0.383 e. The maximum absolute atomic E-state index is 12.6. The van der Waals surface area contributed by atoms with Crippen molar-refractivity contribution in [2.45, 2.75) is 19.3 Å². The lowest BCUT2D eigenvalue weighted by molar-refractivity contribution is -0.128. The van der Waals surface area contributed by atoms with Crippen LogP contribution < -0.4 is 5.56 Å². The van der Waals surface area contributed by atoms with Gasteiger partial charge in [0.05, 0.1) is 12.3 Å². The zero-order valence-electron chi connectivity index (χ0n) is 15.4. The van der Waals surface area contributed by atoms with Crippen LogP contribution in [-0.4, -0.2) is 52.2 Å². The van der Waals surface area contributed by atoms with Crippen molar-refractivity contribution in [3.05, 3.63) is 58.1 Å². The summed E-state index contributed by atoms with van der Waals surface area (Å²) in [6.07, 6.45) is 2.17. The Morgan fingerprint density at radius 3 is 2.78 bits per heavy atom. The minimum Gasteiger partial charge on any atom is -0.383 e. The molecule has 1 aliphatic rings. The van der Waals surface area contributed by atoms with E-state index in [-0.39, 0.29) is 17.4 Å². The molecule has 1 atom stereocenters. The summed E-state index contributed by atoms with van der Waals surface area (Å²) in [4.78, 5) is 31.3. The van der Waals surface area contributed by atoms with Gasteiger partial charge in [-0.05, 0) is 12.5 Å². The molecule has 3 aromatic rings. The molecule has 7 nitrogen and oxygen atoms in total. The van der Waals surface area contributed by atoms with Gasteiger partial charge in [-0.1, -0.05) is 29.8 Å². The second-order valence-electron chi connectivity index (χ2n) is 6.96. The van der Waals surface area contributed by atoms with Crippen LogP contribution in [0.4, 0.5) is 0 Å². The minimum atomic E-state index is -0.170. The molecule has 7 heteroatoms. The zero-order valence-corrected chi connectivity index (χ0v) is 15.4. The van der Waals surface area contributed by atoms with Gasteiger partial charge in [0.2, 0.25) is 5.91 Å². The predicted molar refractivity (Wildman–Crippen MR) is 102 cm³/mol. The highest BCUT2D eigenvalue weighted by Gasteiger charge is 2.31. The number of rotatable bonds is 5. The van der Waals surface area contributed by atoms with Crippen LogP contribution in [0.5, 0.6) is 0 Å². The van der Waals surface area contributed by atoms with Crippen LogP contribution in [0.25, 0.3) is 16.8 Å². The van der Waals surface area contributed by atoms with Crippen LogP contribution in [0.15, 0.2) is 41.3 Å². The molecule has 2 aromatic heterocycles. The first-order valence-electron chi connectivity index (χ1n) is 9.01. The molecule has 1 saturated heterocycles. The fourth-order valence-electron chi connectivity index (χ4n) is 3.54. The average molecular weight is 366 g/mol. The Balaban J connectivity index is 1.71. The first-order valence-corrected chi connectivity index (χ1v) is 9.01. The molecule has 1 aromatic carbocycles. The number of carbonyl (C=O) groups excluding carboxylic acids is 1. The third-order valence-corrected chi connectivity index (χ3v) is 5.08. The van der Waals surface area contributed by atoms with Crippen molar-refractivity contribution in [3.8, 4) is 11.1 Å². The number of benzene rings is 1. The van der Waals surface area contributed by atoms with Crippen molar-refractivity contribution in [1.82, 2.24) is 19.5 Å². The van der Waals surface area contributed by atoms with Gasteiger partial charge in [0.15, 0.2) is 5.65 Å². The van der Waals surface area contributed by atoms with Gasteiger partial charge in [-0.15, -0.1) is 0 Å². The summed E-state index contributed by atoms with van der Waals surface area (Å²) in [5, 5.41) is 2.98. The molecule has 0 bridgehead atoms. The third-order valence-electron chi connectivity index (χ3n) is 5.08. The Hall–Kier alpha value is -2.93. The number of nitrogens with one attached hydrogen (secondary N) is 1. The molecule has 0 radical (unpaired) electrons. The number of aromatic amines is 1. The topological polar surface area (TPSA) is 79.7 Å². The summed E-state index contributed by atoms with van der Waals surface area (Å²) in [5.74, 6) is -0.000278. The summed E-state index contributed by atoms with van der Waals surface area (Å²) < 4.78 is 6.51. The highest BCUT2D eigenvalue weighted by molar-refractivity contribution is 5.80. The van der Waals surface area contributed by atoms with Gasteiger partial charge >= 0.3 is 0 Å². The van der Waals surface area contributed by atoms with Crippen LogP contribution in [0.1, 0.15) is 23.6 Å². The summed E-state index contributed by atoms with van der Waals surface area (Å²) in [5.41, 5.74) is 4.12. The molecule has 0 saturated carbocycles. The smallest absolute Gasteiger partial charge is 0.272 e. The van der Waals surface area contributed by atoms with Gasteiger partial charge in [-0.25, -0.2) is 9.50 Å². The minimum absolute atomic E-state index is 0.0758. The zero-order chi connectivity index (χ0) is 19.0. The number of aryl methyl sites for hydroxylation is 1. The normalized spacial score (nSPS) is 17.2. The summed E-state index contributed by atoms with van der Waals surface area (Å²) in [6.45, 7) is 3.66. The summed E-state index contributed by atoms with van der Waals surface area (Å²) >= 11 is 0. The number of nitrogens with zero attached hydrogens (tertiary/aromatic N) is 3. The number of aromatic nitrogens is 3. The number of H-pyrrole nitrogens is 1. The Labute approximate surface area is 156 Å². The molecule has 0 aliphatic carbocycles. The lowest BCUT2D eigenvalue weighted by Gasteiger charge is -2.15. The number of carbonyl (C=O) groups is 1. The van der Waals surface area contributed by atoms with Crippen LogP contribution in [0.2, 0.25) is 0 Å². The van der Waals surface area contributed by atoms with Crippen molar-refractivity contribution in [3.63, 3.8) is 0 Å². The SMILES string of the molecule is COCCN1C[C@@H](c2cc(=O)n3[nH]cc(-c4ccc(C)cc4)c3n2)CC1=O. The van der Waals surface area contributed by atoms with Crippen LogP contribution in [0.3, 0.4) is 0 Å². The molecule has 1 N–H and O–H groups in total. The molecule has 4 rings (SSSR count). The van der Waals surface area contributed by atoms with E-state index in [0.29, 0.717) is 37.5 Å². The Morgan fingerprint density at radius 1 is 1.26 bits per heavy atom. The van der Waals surface area contributed by atoms with Gasteiger partial charge in [-0.3, -0.25) is 14.7 Å². The van der Waals surface area contributed by atoms with E-state index in [4.69, 9.17) is 9.72 Å². The van der Waals surface area contributed by atoms with Crippen LogP contribution in [0, 0.1) is 6.92 Å². The van der Waals surface area contributed by atoms with Gasteiger partial charge in [0.1, 0.15) is 0 Å². The van der Waals surface area contributed by atoms with Crippen molar-refractivity contribution in [1.29, 1.82) is 0 Å². The molecule has 0 spiro atoms. The highest BCUT2D eigenvalue weighted by Crippen LogP contribution is 2.28. The number of amides is 1. The van der Waals surface area contributed by atoms with Crippen molar-refractivity contribution in [2.75, 3.05) is 26.8 Å². The Bertz CT molecular complexity index is 1040. The number of hydrogen-bond donors (Lipinski definition) is 1. The van der Waals surface area contributed by atoms with Crippen molar-refractivity contribution >= 4 is 11.6 Å². The molecule has 1 aliphatic heterocycles. The highest BCUT2D eigenvalue weighted by atomic mass is 16.5. The molecular formula is C20H22N4O3. The quantitative estimate of drug-likeness (QED) is 0.749. The standard InChI is InChI=1S/C20H22N4O3/c1-13-3-5-14(6-4-13)16-11-21-24-19(26)10-17(22-20(16)24)15-9-18(25)23(12-15)7-8-27-2/h3-6,10-11,15,21H,7-9,12H2,1-2H3/t15-/m0/s1. The number of methoxy groups -OCH3 is 1. The summed E-state index contributed by atoms with van der Waals surface area (Å²) in [6, 6.07) is 9.63. The predicted octanol–water partition coefficient (Wildman–Crippen LogP) is 1.96. The van der Waals surface area contributed by atoms with E-state index < -0.39 is 0 Å². The van der Waals surface area contributed by atoms with Crippen molar-refractivity contribution in [2.24, 2.45) is 0 Å². The Morgan fingerprint density at radius 2 is 2.04 bits per heavy atom. The molecular weight excluding hydrogens is 344 g/mol. The molecule has 27 heavy (non-hydrogen) atoms. The monoisotopic (exact) mass is 366 g/mol. The van der Waals surface area contributed by atoms with E-state index in [0.717, 1.165) is 11.1 Å². The van der Waals surface area contributed by atoms with Crippen LogP contribution in [-0.2, 0) is 9.53 Å². The first-order chi connectivity index (χ1) is 13.1. The van der Waals surface area contributed by atoms with Gasteiger partial charge in [-0.2, -0.15) is 0 Å². The van der Waals surface area contributed by atoms with Gasteiger partial charge in [0.25, 0.3) is 5.56 Å². The van der Waals surface area contributed by atoms with Crippen LogP contribution >= 0.6 is 0 Å². The second-order valence-corrected chi connectivity index (χ2v) is 6.96. The number of fused-ring (bicyclic) bond motifs is 1. The van der Waals surface area contributed by atoms with E-state index in [1.165, 1.54) is 16.1 Å². The molecule has 0 unspecified atom stereocenters. The molecule has 3 heterocycles. The van der Waals surface area contributed by atoms with E-state index in [1.54, 1.807) is 18.2 Å². The molecule has 1 fully saturated rings. The number of likely N-dealkylation sites (tertiary alicyclic amines) is 1. The third kappa shape index (κ3) is 3.26. The van der Waals surface area contributed by atoms with Gasteiger partial charge in [0, 0.05) is 50.4 Å². The Kier molecular flexibility index (Phi) is 4.53. The first kappa shape index (κ1) is 17.5. The van der Waals surface area contributed by atoms with E-state index >= 15 is 0 Å².